The van der Waals surface area contributed by atoms with Crippen LogP contribution < -0.4 is 5.32 Å². The Bertz CT molecular complexity index is 205. The van der Waals surface area contributed by atoms with Crippen LogP contribution in [0.2, 0.25) is 0 Å². The molecule has 96 valence electrons. The van der Waals surface area contributed by atoms with Crippen LogP contribution in [0.3, 0.4) is 0 Å². The second-order valence-electron chi connectivity index (χ2n) is 4.63. The van der Waals surface area contributed by atoms with E-state index in [0.29, 0.717) is 12.5 Å². The molecule has 0 aromatic rings. The summed E-state index contributed by atoms with van der Waals surface area (Å²) < 4.78 is 5.21. The van der Waals surface area contributed by atoms with Gasteiger partial charge < -0.3 is 10.1 Å². The summed E-state index contributed by atoms with van der Waals surface area (Å²) in [6.45, 7) is 7.81. The molecule has 0 aliphatic carbocycles. The van der Waals surface area contributed by atoms with Gasteiger partial charge in [-0.3, -0.25) is 4.79 Å². The summed E-state index contributed by atoms with van der Waals surface area (Å²) in [6.07, 6.45) is 0.489. The SMILES string of the molecule is CN[C@@H](C)CSSCCC(=O)OC(C)(C)C. The Morgan fingerprint density at radius 1 is 1.38 bits per heavy atom. The second-order valence-corrected chi connectivity index (χ2v) is 7.26. The second kappa shape index (κ2) is 8.25. The van der Waals surface area contributed by atoms with Crippen LogP contribution in [0.1, 0.15) is 34.1 Å². The Morgan fingerprint density at radius 2 is 2.00 bits per heavy atom. The summed E-state index contributed by atoms with van der Waals surface area (Å²) in [5, 5.41) is 3.17. The van der Waals surface area contributed by atoms with Gasteiger partial charge in [-0.1, -0.05) is 21.6 Å². The van der Waals surface area contributed by atoms with Crippen molar-refractivity contribution in [1.82, 2.24) is 5.32 Å². The van der Waals surface area contributed by atoms with Gasteiger partial charge in [0.05, 0.1) is 6.42 Å². The molecule has 0 unspecified atom stereocenters. The highest BCUT2D eigenvalue weighted by Gasteiger charge is 2.15. The molecule has 5 heteroatoms. The van der Waals surface area contributed by atoms with Crippen molar-refractivity contribution < 1.29 is 9.53 Å². The number of carbonyl (C=O) groups excluding carboxylic acids is 1. The molecule has 0 aromatic heterocycles. The van der Waals surface area contributed by atoms with E-state index in [0.717, 1.165) is 11.5 Å². The zero-order valence-corrected chi connectivity index (χ0v) is 12.5. The summed E-state index contributed by atoms with van der Waals surface area (Å²) in [5.74, 6) is 1.76. The molecule has 0 radical (unpaired) electrons. The van der Waals surface area contributed by atoms with Crippen LogP contribution in [-0.2, 0) is 9.53 Å². The molecule has 0 amide bonds. The highest BCUT2D eigenvalue weighted by Crippen LogP contribution is 2.23. The maximum Gasteiger partial charge on any atom is 0.307 e. The van der Waals surface area contributed by atoms with Crippen molar-refractivity contribution in [2.24, 2.45) is 0 Å². The zero-order chi connectivity index (χ0) is 12.6. The molecule has 0 fully saturated rings. The van der Waals surface area contributed by atoms with E-state index in [1.807, 2.05) is 27.8 Å². The van der Waals surface area contributed by atoms with Crippen molar-refractivity contribution in [2.75, 3.05) is 18.6 Å². The minimum absolute atomic E-state index is 0.109. The molecule has 0 aliphatic heterocycles. The summed E-state index contributed by atoms with van der Waals surface area (Å²) in [4.78, 5) is 11.4. The van der Waals surface area contributed by atoms with Gasteiger partial charge in [-0.2, -0.15) is 0 Å². The number of esters is 1. The molecule has 0 spiro atoms. The van der Waals surface area contributed by atoms with Gasteiger partial charge in [-0.05, 0) is 34.7 Å². The summed E-state index contributed by atoms with van der Waals surface area (Å²) in [7, 11) is 5.47. The topological polar surface area (TPSA) is 38.3 Å². The highest BCUT2D eigenvalue weighted by molar-refractivity contribution is 8.76. The van der Waals surface area contributed by atoms with Crippen LogP contribution in [0, 0.1) is 0 Å². The van der Waals surface area contributed by atoms with Crippen molar-refractivity contribution in [2.45, 2.75) is 45.8 Å². The lowest BCUT2D eigenvalue weighted by Gasteiger charge is -2.19. The number of ether oxygens (including phenoxy) is 1. The van der Waals surface area contributed by atoms with E-state index in [1.165, 1.54) is 0 Å². The lowest BCUT2D eigenvalue weighted by molar-refractivity contribution is -0.154. The van der Waals surface area contributed by atoms with E-state index in [1.54, 1.807) is 21.6 Å². The standard InChI is InChI=1S/C11H23NO2S2/c1-9(12-5)8-16-15-7-6-10(13)14-11(2,3)4/h9,12H,6-8H2,1-5H3/t9-/m0/s1. The van der Waals surface area contributed by atoms with Crippen LogP contribution >= 0.6 is 21.6 Å². The monoisotopic (exact) mass is 265 g/mol. The van der Waals surface area contributed by atoms with Gasteiger partial charge >= 0.3 is 5.97 Å². The van der Waals surface area contributed by atoms with Gasteiger partial charge in [0.2, 0.25) is 0 Å². The van der Waals surface area contributed by atoms with E-state index in [2.05, 4.69) is 12.2 Å². The summed E-state index contributed by atoms with van der Waals surface area (Å²) >= 11 is 0. The predicted molar refractivity (Wildman–Crippen MR) is 73.9 cm³/mol. The van der Waals surface area contributed by atoms with Gasteiger partial charge in [-0.25, -0.2) is 0 Å². The molecule has 0 aliphatic rings. The number of hydrogen-bond donors (Lipinski definition) is 1. The lowest BCUT2D eigenvalue weighted by atomic mass is 10.2. The Hall–Kier alpha value is 0.130. The van der Waals surface area contributed by atoms with Crippen molar-refractivity contribution in [3.05, 3.63) is 0 Å². The Balaban J connectivity index is 3.42. The third-order valence-corrected chi connectivity index (χ3v) is 4.29. The fourth-order valence-electron chi connectivity index (χ4n) is 0.810. The number of rotatable bonds is 7. The van der Waals surface area contributed by atoms with Crippen molar-refractivity contribution in [1.29, 1.82) is 0 Å². The fraction of sp³-hybridized carbons (Fsp3) is 0.909. The van der Waals surface area contributed by atoms with Gasteiger partial charge in [0.15, 0.2) is 0 Å². The molecule has 0 aromatic carbocycles. The quantitative estimate of drug-likeness (QED) is 0.435. The van der Waals surface area contributed by atoms with E-state index < -0.39 is 0 Å². The zero-order valence-electron chi connectivity index (χ0n) is 10.8. The van der Waals surface area contributed by atoms with Crippen LogP contribution in [0.4, 0.5) is 0 Å². The third kappa shape index (κ3) is 10.6. The van der Waals surface area contributed by atoms with E-state index in [-0.39, 0.29) is 11.6 Å². The van der Waals surface area contributed by atoms with Crippen molar-refractivity contribution in [3.63, 3.8) is 0 Å². The molecule has 1 N–H and O–H groups in total. The van der Waals surface area contributed by atoms with E-state index >= 15 is 0 Å². The van der Waals surface area contributed by atoms with Gasteiger partial charge in [0.1, 0.15) is 5.60 Å². The first-order valence-electron chi connectivity index (χ1n) is 5.48. The smallest absolute Gasteiger partial charge is 0.307 e. The maximum atomic E-state index is 11.4. The number of nitrogens with one attached hydrogen (secondary N) is 1. The molecular formula is C11H23NO2S2. The molecule has 0 rings (SSSR count). The van der Waals surface area contributed by atoms with E-state index in [4.69, 9.17) is 4.74 Å². The molecule has 0 heterocycles. The first kappa shape index (κ1) is 16.1. The normalized spacial score (nSPS) is 13.6. The molecule has 16 heavy (non-hydrogen) atoms. The van der Waals surface area contributed by atoms with Crippen LogP contribution in [0.15, 0.2) is 0 Å². The summed E-state index contributed by atoms with van der Waals surface area (Å²) in [5.41, 5.74) is -0.366. The first-order valence-corrected chi connectivity index (χ1v) is 7.97. The number of hydrogen-bond acceptors (Lipinski definition) is 5. The Labute approximate surface area is 107 Å². The maximum absolute atomic E-state index is 11.4. The Morgan fingerprint density at radius 3 is 2.50 bits per heavy atom. The minimum Gasteiger partial charge on any atom is -0.460 e. The van der Waals surface area contributed by atoms with Crippen LogP contribution in [0.25, 0.3) is 0 Å². The van der Waals surface area contributed by atoms with Crippen molar-refractivity contribution in [3.8, 4) is 0 Å². The highest BCUT2D eigenvalue weighted by atomic mass is 33.1. The fourth-order valence-corrected chi connectivity index (χ4v) is 3.15. The molecular weight excluding hydrogens is 242 g/mol. The van der Waals surface area contributed by atoms with Gasteiger partial charge in [0, 0.05) is 17.5 Å². The first-order chi connectivity index (χ1) is 7.35. The third-order valence-electron chi connectivity index (χ3n) is 1.70. The van der Waals surface area contributed by atoms with Gasteiger partial charge in [-0.15, -0.1) is 0 Å². The molecule has 0 saturated heterocycles. The number of carbonyl (C=O) groups is 1. The van der Waals surface area contributed by atoms with E-state index in [9.17, 15) is 4.79 Å². The van der Waals surface area contributed by atoms with Gasteiger partial charge in [0.25, 0.3) is 0 Å². The van der Waals surface area contributed by atoms with Crippen LogP contribution in [-0.4, -0.2) is 36.2 Å². The largest absolute Gasteiger partial charge is 0.460 e. The molecule has 1 atom stereocenters. The molecule has 3 nitrogen and oxygen atoms in total. The summed E-state index contributed by atoms with van der Waals surface area (Å²) in [6, 6.07) is 0.513. The molecule has 0 saturated carbocycles. The Kier molecular flexibility index (Phi) is 8.32. The van der Waals surface area contributed by atoms with Crippen molar-refractivity contribution >= 4 is 27.6 Å². The lowest BCUT2D eigenvalue weighted by Crippen LogP contribution is -2.24. The minimum atomic E-state index is -0.366. The average Bonchev–Trinajstić information content (AvgIpc) is 2.14. The van der Waals surface area contributed by atoms with Crippen LogP contribution in [0.5, 0.6) is 0 Å². The molecule has 0 bridgehead atoms. The predicted octanol–water partition coefficient (Wildman–Crippen LogP) is 2.71. The average molecular weight is 265 g/mol.